The molecule has 0 fully saturated rings. The smallest absolute Gasteiger partial charge is 0.135 e. The van der Waals surface area contributed by atoms with Crippen LogP contribution in [0.4, 0.5) is 0 Å². The molecular weight excluding hydrogens is 693 g/mol. The van der Waals surface area contributed by atoms with Crippen molar-refractivity contribution >= 4 is 76.3 Å². The number of rotatable bonds is 3. The van der Waals surface area contributed by atoms with Crippen LogP contribution in [0.1, 0.15) is 51.7 Å². The third-order valence-electron chi connectivity index (χ3n) is 13.3. The van der Waals surface area contributed by atoms with E-state index in [1.54, 1.807) is 0 Å². The van der Waals surface area contributed by atoms with Crippen LogP contribution >= 0.6 is 0 Å². The monoisotopic (exact) mass is 734 g/mol. The Balaban J connectivity index is 1.28. The first-order chi connectivity index (χ1) is 27.8. The molecule has 8 aromatic carbocycles. The number of nitrogens with zero attached hydrogens (tertiary/aromatic N) is 2. The van der Waals surface area contributed by atoms with Crippen LogP contribution in [0.5, 0.6) is 0 Å². The molecule has 3 aromatic heterocycles. The standard InChI is InChI=1S/C54H42N2O/c1-53(2)27-28-54(3,4)44-32-46-42(31-43(44)53)50-39-21-9-8-20-38(39)49-40-22-10-12-23-45(40)55(35-16-6-5-7-17-35)51(49)52(50)56(46)36-18-14-15-33(29-36)34-25-26-48-41(30-34)37-19-11-13-24-47(37)57-48/h5-26,29-32H,27-28H2,1-4H3. The first-order valence-corrected chi connectivity index (χ1v) is 20.3. The van der Waals surface area contributed by atoms with E-state index < -0.39 is 0 Å². The highest BCUT2D eigenvalue weighted by molar-refractivity contribution is 6.36. The SMILES string of the molecule is CC1(C)CCC(C)(C)c2cc3c(cc21)c1c2ccccc2c2c4ccccc4n(-c4ccccc4)c2c1n3-c1cccc(-c2ccc3oc4ccccc4c3c2)c1. The molecule has 0 saturated heterocycles. The summed E-state index contributed by atoms with van der Waals surface area (Å²) in [5, 5.41) is 10.1. The zero-order valence-electron chi connectivity index (χ0n) is 32.7. The second kappa shape index (κ2) is 11.5. The number of para-hydroxylation sites is 3. The van der Waals surface area contributed by atoms with Crippen molar-refractivity contribution in [3.63, 3.8) is 0 Å². The Morgan fingerprint density at radius 3 is 1.72 bits per heavy atom. The quantitative estimate of drug-likeness (QED) is 0.177. The first-order valence-electron chi connectivity index (χ1n) is 20.3. The summed E-state index contributed by atoms with van der Waals surface area (Å²) in [5.74, 6) is 0. The van der Waals surface area contributed by atoms with Crippen LogP contribution in [0.25, 0.3) is 98.8 Å². The molecule has 0 amide bonds. The minimum Gasteiger partial charge on any atom is -0.456 e. The molecule has 0 unspecified atom stereocenters. The van der Waals surface area contributed by atoms with Gasteiger partial charge in [-0.05, 0) is 117 Å². The second-order valence-corrected chi connectivity index (χ2v) is 17.6. The van der Waals surface area contributed by atoms with Crippen molar-refractivity contribution in [2.45, 2.75) is 51.4 Å². The number of hydrogen-bond acceptors (Lipinski definition) is 1. The molecule has 3 nitrogen and oxygen atoms in total. The Morgan fingerprint density at radius 1 is 0.404 bits per heavy atom. The van der Waals surface area contributed by atoms with Gasteiger partial charge in [0.25, 0.3) is 0 Å². The van der Waals surface area contributed by atoms with E-state index in [2.05, 4.69) is 188 Å². The van der Waals surface area contributed by atoms with Gasteiger partial charge in [-0.2, -0.15) is 0 Å². The molecule has 11 aromatic rings. The topological polar surface area (TPSA) is 23.0 Å². The second-order valence-electron chi connectivity index (χ2n) is 17.6. The van der Waals surface area contributed by atoms with Gasteiger partial charge >= 0.3 is 0 Å². The number of fused-ring (bicyclic) bond motifs is 14. The fourth-order valence-electron chi connectivity index (χ4n) is 10.3. The summed E-state index contributed by atoms with van der Waals surface area (Å²) in [6, 6.07) is 58.3. The Morgan fingerprint density at radius 2 is 0.965 bits per heavy atom. The Bertz CT molecular complexity index is 3460. The molecule has 12 rings (SSSR count). The minimum atomic E-state index is 0.0568. The molecule has 0 saturated carbocycles. The summed E-state index contributed by atoms with van der Waals surface area (Å²) in [5.41, 5.74) is 14.5. The van der Waals surface area contributed by atoms with E-state index in [0.717, 1.165) is 39.7 Å². The predicted molar refractivity (Wildman–Crippen MR) is 241 cm³/mol. The van der Waals surface area contributed by atoms with Gasteiger partial charge in [-0.15, -0.1) is 0 Å². The van der Waals surface area contributed by atoms with Gasteiger partial charge in [0.2, 0.25) is 0 Å². The number of benzene rings is 8. The highest BCUT2D eigenvalue weighted by Gasteiger charge is 2.38. The van der Waals surface area contributed by atoms with Crippen molar-refractivity contribution < 1.29 is 4.42 Å². The van der Waals surface area contributed by atoms with Gasteiger partial charge < -0.3 is 13.6 Å². The van der Waals surface area contributed by atoms with Gasteiger partial charge in [-0.3, -0.25) is 0 Å². The lowest BCUT2D eigenvalue weighted by Crippen LogP contribution is -2.33. The van der Waals surface area contributed by atoms with Crippen LogP contribution in [-0.2, 0) is 10.8 Å². The lowest BCUT2D eigenvalue weighted by Gasteiger charge is -2.42. The average Bonchev–Trinajstić information content (AvgIpc) is 3.90. The fourth-order valence-corrected chi connectivity index (χ4v) is 10.3. The van der Waals surface area contributed by atoms with E-state index in [4.69, 9.17) is 4.42 Å². The summed E-state index contributed by atoms with van der Waals surface area (Å²) in [6.07, 6.45) is 2.33. The van der Waals surface area contributed by atoms with Crippen molar-refractivity contribution in [2.24, 2.45) is 0 Å². The lowest BCUT2D eigenvalue weighted by atomic mass is 9.63. The fraction of sp³-hybridized carbons (Fsp3) is 0.148. The number of hydrogen-bond donors (Lipinski definition) is 0. The van der Waals surface area contributed by atoms with Gasteiger partial charge in [0.1, 0.15) is 11.2 Å². The van der Waals surface area contributed by atoms with Crippen molar-refractivity contribution in [3.05, 3.63) is 169 Å². The van der Waals surface area contributed by atoms with Crippen LogP contribution in [0.3, 0.4) is 0 Å². The molecular formula is C54H42N2O. The third-order valence-corrected chi connectivity index (χ3v) is 13.3. The molecule has 3 heteroatoms. The summed E-state index contributed by atoms with van der Waals surface area (Å²) in [4.78, 5) is 0. The van der Waals surface area contributed by atoms with Crippen LogP contribution in [-0.4, -0.2) is 9.13 Å². The van der Waals surface area contributed by atoms with Crippen LogP contribution < -0.4 is 0 Å². The van der Waals surface area contributed by atoms with E-state index in [-0.39, 0.29) is 10.8 Å². The molecule has 1 aliphatic carbocycles. The summed E-state index contributed by atoms with van der Waals surface area (Å²) >= 11 is 0. The zero-order chi connectivity index (χ0) is 38.2. The van der Waals surface area contributed by atoms with Gasteiger partial charge in [0, 0.05) is 43.7 Å². The maximum Gasteiger partial charge on any atom is 0.135 e. The van der Waals surface area contributed by atoms with Gasteiger partial charge in [-0.25, -0.2) is 0 Å². The van der Waals surface area contributed by atoms with Gasteiger partial charge in [0.15, 0.2) is 0 Å². The number of furan rings is 1. The largest absolute Gasteiger partial charge is 0.456 e. The molecule has 3 heterocycles. The van der Waals surface area contributed by atoms with E-state index in [1.165, 1.54) is 83.1 Å². The summed E-state index contributed by atoms with van der Waals surface area (Å²) < 4.78 is 11.4. The van der Waals surface area contributed by atoms with Crippen molar-refractivity contribution in [2.75, 3.05) is 0 Å². The predicted octanol–water partition coefficient (Wildman–Crippen LogP) is 14.9. The molecule has 0 N–H and O–H groups in total. The molecule has 0 aliphatic heterocycles. The minimum absolute atomic E-state index is 0.0568. The van der Waals surface area contributed by atoms with Crippen LogP contribution in [0, 0.1) is 0 Å². The van der Waals surface area contributed by atoms with E-state index in [1.807, 2.05) is 6.07 Å². The third kappa shape index (κ3) is 4.54. The van der Waals surface area contributed by atoms with Gasteiger partial charge in [0.05, 0.1) is 22.1 Å². The van der Waals surface area contributed by atoms with E-state index >= 15 is 0 Å². The number of aromatic nitrogens is 2. The molecule has 0 atom stereocenters. The molecule has 1 aliphatic rings. The van der Waals surface area contributed by atoms with Crippen molar-refractivity contribution in [1.82, 2.24) is 9.13 Å². The molecule has 0 bridgehead atoms. The van der Waals surface area contributed by atoms with Gasteiger partial charge in [-0.1, -0.05) is 125 Å². The first kappa shape index (κ1) is 32.6. The Labute approximate surface area is 331 Å². The maximum atomic E-state index is 6.24. The van der Waals surface area contributed by atoms with Crippen LogP contribution in [0.2, 0.25) is 0 Å². The summed E-state index contributed by atoms with van der Waals surface area (Å²) in [7, 11) is 0. The zero-order valence-corrected chi connectivity index (χ0v) is 32.7. The molecule has 0 radical (unpaired) electrons. The van der Waals surface area contributed by atoms with Crippen molar-refractivity contribution in [1.29, 1.82) is 0 Å². The van der Waals surface area contributed by atoms with Crippen LogP contribution in [0.15, 0.2) is 162 Å². The van der Waals surface area contributed by atoms with E-state index in [9.17, 15) is 0 Å². The highest BCUT2D eigenvalue weighted by Crippen LogP contribution is 2.51. The Hall–Kier alpha value is -6.58. The normalized spacial score (nSPS) is 15.2. The van der Waals surface area contributed by atoms with E-state index in [0.29, 0.717) is 0 Å². The molecule has 0 spiro atoms. The highest BCUT2D eigenvalue weighted by atomic mass is 16.3. The molecule has 57 heavy (non-hydrogen) atoms. The molecule has 274 valence electrons. The summed E-state index contributed by atoms with van der Waals surface area (Å²) in [6.45, 7) is 9.77. The Kier molecular flexibility index (Phi) is 6.58. The maximum absolute atomic E-state index is 6.24. The lowest BCUT2D eigenvalue weighted by molar-refractivity contribution is 0.332. The van der Waals surface area contributed by atoms with Crippen molar-refractivity contribution in [3.8, 4) is 22.5 Å². The average molecular weight is 735 g/mol.